The van der Waals surface area contributed by atoms with Gasteiger partial charge in [0.15, 0.2) is 0 Å². The van der Waals surface area contributed by atoms with Gasteiger partial charge in [0, 0.05) is 17.7 Å². The van der Waals surface area contributed by atoms with Crippen LogP contribution in [0.2, 0.25) is 0 Å². The molecule has 6 nitrogen and oxygen atoms in total. The van der Waals surface area contributed by atoms with Crippen molar-refractivity contribution in [1.29, 1.82) is 0 Å². The van der Waals surface area contributed by atoms with Crippen LogP contribution in [-0.2, 0) is 4.79 Å². The van der Waals surface area contributed by atoms with Gasteiger partial charge in [0.25, 0.3) is 0 Å². The third-order valence-corrected chi connectivity index (χ3v) is 3.06. The van der Waals surface area contributed by atoms with E-state index < -0.39 is 0 Å². The summed E-state index contributed by atoms with van der Waals surface area (Å²) in [4.78, 5) is 16.0. The van der Waals surface area contributed by atoms with Crippen molar-refractivity contribution in [1.82, 2.24) is 4.98 Å². The van der Waals surface area contributed by atoms with Gasteiger partial charge in [0.1, 0.15) is 11.5 Å². The van der Waals surface area contributed by atoms with Crippen molar-refractivity contribution in [2.75, 3.05) is 26.6 Å². The molecule has 0 aliphatic rings. The summed E-state index contributed by atoms with van der Waals surface area (Å²) < 4.78 is 15.4. The second-order valence-corrected chi connectivity index (χ2v) is 4.52. The first-order chi connectivity index (χ1) is 11.2. The van der Waals surface area contributed by atoms with E-state index in [4.69, 9.17) is 14.2 Å². The molecule has 0 radical (unpaired) electrons. The van der Waals surface area contributed by atoms with Crippen LogP contribution in [0.25, 0.3) is 6.08 Å². The summed E-state index contributed by atoms with van der Waals surface area (Å²) >= 11 is 0. The molecule has 0 aliphatic carbocycles. The van der Waals surface area contributed by atoms with Gasteiger partial charge in [0.05, 0.1) is 33.2 Å². The topological polar surface area (TPSA) is 69.7 Å². The van der Waals surface area contributed by atoms with Crippen molar-refractivity contribution in [3.8, 4) is 17.4 Å². The number of carbonyl (C=O) groups is 1. The van der Waals surface area contributed by atoms with Crippen molar-refractivity contribution >= 4 is 17.7 Å². The molecule has 0 spiro atoms. The molecule has 0 bridgehead atoms. The minimum absolute atomic E-state index is 0.276. The number of benzene rings is 1. The van der Waals surface area contributed by atoms with E-state index in [-0.39, 0.29) is 5.91 Å². The molecule has 0 atom stereocenters. The molecular weight excluding hydrogens is 296 g/mol. The van der Waals surface area contributed by atoms with E-state index in [2.05, 4.69) is 10.3 Å². The lowest BCUT2D eigenvalue weighted by Gasteiger charge is -2.07. The molecule has 0 aliphatic heterocycles. The first kappa shape index (κ1) is 16.4. The zero-order chi connectivity index (χ0) is 16.7. The Kier molecular flexibility index (Phi) is 5.57. The van der Waals surface area contributed by atoms with E-state index in [0.29, 0.717) is 23.1 Å². The quantitative estimate of drug-likeness (QED) is 0.830. The number of pyridine rings is 1. The monoisotopic (exact) mass is 314 g/mol. The van der Waals surface area contributed by atoms with Crippen molar-refractivity contribution in [3.63, 3.8) is 0 Å². The Bertz CT molecular complexity index is 696. The normalized spacial score (nSPS) is 10.4. The fourth-order valence-electron chi connectivity index (χ4n) is 1.89. The molecule has 1 aromatic heterocycles. The van der Waals surface area contributed by atoms with Crippen molar-refractivity contribution < 1.29 is 19.0 Å². The fraction of sp³-hybridized carbons (Fsp3) is 0.176. The van der Waals surface area contributed by atoms with Gasteiger partial charge < -0.3 is 19.5 Å². The predicted molar refractivity (Wildman–Crippen MR) is 88.0 cm³/mol. The molecule has 23 heavy (non-hydrogen) atoms. The Labute approximate surface area is 134 Å². The zero-order valence-corrected chi connectivity index (χ0v) is 13.2. The van der Waals surface area contributed by atoms with E-state index in [0.717, 1.165) is 5.56 Å². The Morgan fingerprint density at radius 3 is 2.52 bits per heavy atom. The van der Waals surface area contributed by atoms with E-state index in [1.807, 2.05) is 0 Å². The molecule has 0 fully saturated rings. The molecule has 1 heterocycles. The number of methoxy groups -OCH3 is 3. The number of nitrogens with zero attached hydrogens (tertiary/aromatic N) is 1. The molecule has 2 rings (SSSR count). The van der Waals surface area contributed by atoms with Crippen molar-refractivity contribution in [2.45, 2.75) is 0 Å². The summed E-state index contributed by atoms with van der Waals surface area (Å²) in [5.41, 5.74) is 1.33. The Morgan fingerprint density at radius 1 is 1.09 bits per heavy atom. The first-order valence-corrected chi connectivity index (χ1v) is 6.87. The maximum Gasteiger partial charge on any atom is 0.248 e. The van der Waals surface area contributed by atoms with E-state index >= 15 is 0 Å². The van der Waals surface area contributed by atoms with Gasteiger partial charge in [-0.15, -0.1) is 0 Å². The smallest absolute Gasteiger partial charge is 0.248 e. The fourth-order valence-corrected chi connectivity index (χ4v) is 1.89. The van der Waals surface area contributed by atoms with Gasteiger partial charge in [-0.2, -0.15) is 0 Å². The molecule has 1 aromatic carbocycles. The SMILES string of the molecule is COc1ccc(OC)c(C=CC(=O)Nc2ccc(OC)nc2)c1. The summed E-state index contributed by atoms with van der Waals surface area (Å²) in [5.74, 6) is 1.55. The van der Waals surface area contributed by atoms with Crippen LogP contribution in [0, 0.1) is 0 Å². The second-order valence-electron chi connectivity index (χ2n) is 4.52. The molecule has 1 N–H and O–H groups in total. The first-order valence-electron chi connectivity index (χ1n) is 6.87. The van der Waals surface area contributed by atoms with Gasteiger partial charge in [-0.05, 0) is 30.3 Å². The van der Waals surface area contributed by atoms with Crippen LogP contribution < -0.4 is 19.5 Å². The van der Waals surface area contributed by atoms with Crippen LogP contribution in [0.15, 0.2) is 42.6 Å². The number of aromatic nitrogens is 1. The molecule has 0 saturated carbocycles. The minimum atomic E-state index is -0.276. The average Bonchev–Trinajstić information content (AvgIpc) is 2.60. The van der Waals surface area contributed by atoms with Gasteiger partial charge >= 0.3 is 0 Å². The summed E-state index contributed by atoms with van der Waals surface area (Å²) in [7, 11) is 4.69. The molecular formula is C17H18N2O4. The maximum atomic E-state index is 12.0. The highest BCUT2D eigenvalue weighted by molar-refractivity contribution is 6.02. The second kappa shape index (κ2) is 7.84. The minimum Gasteiger partial charge on any atom is -0.497 e. The van der Waals surface area contributed by atoms with Gasteiger partial charge in [-0.1, -0.05) is 0 Å². The number of anilines is 1. The summed E-state index contributed by atoms with van der Waals surface area (Å²) in [6.45, 7) is 0. The lowest BCUT2D eigenvalue weighted by Crippen LogP contribution is -2.08. The van der Waals surface area contributed by atoms with Crippen LogP contribution in [0.5, 0.6) is 17.4 Å². The van der Waals surface area contributed by atoms with Gasteiger partial charge in [-0.3, -0.25) is 4.79 Å². The average molecular weight is 314 g/mol. The van der Waals surface area contributed by atoms with E-state index in [1.54, 1.807) is 50.6 Å². The number of amides is 1. The summed E-state index contributed by atoms with van der Waals surface area (Å²) in [5, 5.41) is 2.71. The Morgan fingerprint density at radius 2 is 1.91 bits per heavy atom. The van der Waals surface area contributed by atoms with Gasteiger partial charge in [-0.25, -0.2) is 4.98 Å². The molecule has 1 amide bonds. The van der Waals surface area contributed by atoms with Crippen molar-refractivity contribution in [2.24, 2.45) is 0 Å². The lowest BCUT2D eigenvalue weighted by atomic mass is 10.1. The van der Waals surface area contributed by atoms with Crippen LogP contribution in [0.3, 0.4) is 0 Å². The highest BCUT2D eigenvalue weighted by Gasteiger charge is 2.04. The maximum absolute atomic E-state index is 12.0. The standard InChI is InChI=1S/C17H18N2O4/c1-21-14-6-7-15(22-2)12(10-14)4-8-16(20)19-13-5-9-17(23-3)18-11-13/h4-11H,1-3H3,(H,19,20). The predicted octanol–water partition coefficient (Wildman–Crippen LogP) is 2.76. The number of rotatable bonds is 6. The number of hydrogen-bond acceptors (Lipinski definition) is 5. The van der Waals surface area contributed by atoms with Crippen LogP contribution >= 0.6 is 0 Å². The summed E-state index contributed by atoms with van der Waals surface area (Å²) in [6, 6.07) is 8.74. The Balaban J connectivity index is 2.08. The zero-order valence-electron chi connectivity index (χ0n) is 13.2. The highest BCUT2D eigenvalue weighted by atomic mass is 16.5. The molecule has 0 saturated heterocycles. The van der Waals surface area contributed by atoms with Crippen LogP contribution in [-0.4, -0.2) is 32.2 Å². The third kappa shape index (κ3) is 4.47. The molecule has 6 heteroatoms. The summed E-state index contributed by atoms with van der Waals surface area (Å²) in [6.07, 6.45) is 4.60. The number of carbonyl (C=O) groups excluding carboxylic acids is 1. The van der Waals surface area contributed by atoms with Crippen molar-refractivity contribution in [3.05, 3.63) is 48.2 Å². The molecule has 0 unspecified atom stereocenters. The van der Waals surface area contributed by atoms with Crippen LogP contribution in [0.4, 0.5) is 5.69 Å². The lowest BCUT2D eigenvalue weighted by molar-refractivity contribution is -0.111. The number of hydrogen-bond donors (Lipinski definition) is 1. The van der Waals surface area contributed by atoms with E-state index in [9.17, 15) is 4.79 Å². The van der Waals surface area contributed by atoms with Gasteiger partial charge in [0.2, 0.25) is 11.8 Å². The largest absolute Gasteiger partial charge is 0.497 e. The number of nitrogens with one attached hydrogen (secondary N) is 1. The Hall–Kier alpha value is -3.02. The molecule has 120 valence electrons. The third-order valence-electron chi connectivity index (χ3n) is 3.06. The van der Waals surface area contributed by atoms with E-state index in [1.165, 1.54) is 19.4 Å². The number of ether oxygens (including phenoxy) is 3. The highest BCUT2D eigenvalue weighted by Crippen LogP contribution is 2.25. The molecule has 2 aromatic rings. The van der Waals surface area contributed by atoms with Crippen LogP contribution in [0.1, 0.15) is 5.56 Å².